The van der Waals surface area contributed by atoms with E-state index >= 15 is 0 Å². The van der Waals surface area contributed by atoms with Crippen LogP contribution in [-0.4, -0.2) is 7.05 Å². The number of unbranched alkanes of at least 4 members (excludes halogenated alkanes) is 1. The lowest BCUT2D eigenvalue weighted by molar-refractivity contribution is 0.328. The fourth-order valence-electron chi connectivity index (χ4n) is 1.43. The number of hydrogen-bond donors (Lipinski definition) is 1. The minimum Gasteiger partial charge on any atom is -0.333 e. The van der Waals surface area contributed by atoms with E-state index in [1.54, 1.807) is 6.08 Å². The Kier molecular flexibility index (Phi) is 779. The van der Waals surface area contributed by atoms with E-state index in [1.807, 2.05) is 118 Å². The van der Waals surface area contributed by atoms with E-state index in [0.29, 0.717) is 0 Å². The van der Waals surface area contributed by atoms with Gasteiger partial charge in [0.05, 0.1) is 0 Å². The average Bonchev–Trinajstić information content (AvgIpc) is 3.15. The van der Waals surface area contributed by atoms with Gasteiger partial charge >= 0.3 is 0 Å². The van der Waals surface area contributed by atoms with Crippen molar-refractivity contribution in [1.82, 2.24) is 0 Å². The second-order valence-corrected chi connectivity index (χ2v) is 7.20. The first kappa shape index (κ1) is 104. The molecule has 0 heterocycles. The van der Waals surface area contributed by atoms with E-state index in [9.17, 15) is 0 Å². The van der Waals surface area contributed by atoms with Gasteiger partial charge in [-0.3, -0.25) is 0 Å². The fourth-order valence-corrected chi connectivity index (χ4v) is 1.43. The highest BCUT2D eigenvalue weighted by Gasteiger charge is 2.09. The van der Waals surface area contributed by atoms with Crippen LogP contribution in [0.4, 0.5) is 0 Å². The van der Waals surface area contributed by atoms with Crippen molar-refractivity contribution in [2.24, 2.45) is 17.6 Å². The monoisotopic (exact) mass is 676 g/mol. The molecular weight excluding hydrogens is 555 g/mol. The fraction of sp³-hybridized carbons (Fsp3) is 0.956. The maximum atomic E-state index is 4.50. The summed E-state index contributed by atoms with van der Waals surface area (Å²) in [4.78, 5) is 0. The van der Waals surface area contributed by atoms with Crippen LogP contribution in [0.25, 0.3) is 0 Å². The first-order valence-electron chi connectivity index (χ1n) is 21.4. The summed E-state index contributed by atoms with van der Waals surface area (Å²) in [5.74, 6) is 1.90. The molecule has 1 nitrogen and oxygen atoms in total. The van der Waals surface area contributed by atoms with Gasteiger partial charge in [0.2, 0.25) is 0 Å². The predicted octanol–water partition coefficient (Wildman–Crippen LogP) is 19.9. The second kappa shape index (κ2) is 346. The van der Waals surface area contributed by atoms with Crippen LogP contribution in [0, 0.1) is 11.8 Å². The second-order valence-electron chi connectivity index (χ2n) is 7.20. The van der Waals surface area contributed by atoms with Crippen LogP contribution < -0.4 is 5.73 Å². The number of nitrogens with two attached hydrogens (primary N) is 1. The molecule has 0 aromatic carbocycles. The molecule has 0 aromatic heterocycles. The van der Waals surface area contributed by atoms with Crippen molar-refractivity contribution >= 4 is 0 Å². The third-order valence-corrected chi connectivity index (χ3v) is 3.00. The van der Waals surface area contributed by atoms with Gasteiger partial charge in [-0.15, -0.1) is 6.58 Å². The molecule has 0 aliphatic heterocycles. The van der Waals surface area contributed by atoms with E-state index in [-0.39, 0.29) is 0 Å². The van der Waals surface area contributed by atoms with Crippen LogP contribution >= 0.6 is 0 Å². The predicted molar refractivity (Wildman–Crippen MR) is 245 cm³/mol. The molecule has 0 rings (SSSR count). The number of rotatable bonds is 5. The van der Waals surface area contributed by atoms with Gasteiger partial charge in [0.1, 0.15) is 0 Å². The summed E-state index contributed by atoms with van der Waals surface area (Å²) in [6, 6.07) is 0. The Bertz CT molecular complexity index is 141. The van der Waals surface area contributed by atoms with Crippen LogP contribution in [0.5, 0.6) is 0 Å². The molecule has 1 atom stereocenters. The van der Waals surface area contributed by atoms with Gasteiger partial charge in [-0.05, 0) is 25.8 Å². The molecule has 0 spiro atoms. The molecule has 0 aromatic rings. The van der Waals surface area contributed by atoms with Crippen molar-refractivity contribution in [1.29, 1.82) is 0 Å². The summed E-state index contributed by atoms with van der Waals surface area (Å²) in [7, 11) is 1.50. The smallest absolute Gasteiger partial charge is 0.0195 e. The van der Waals surface area contributed by atoms with Crippen molar-refractivity contribution in [2.45, 2.75) is 272 Å². The average molecular weight is 676 g/mol. The van der Waals surface area contributed by atoms with Crippen molar-refractivity contribution in [3.63, 3.8) is 0 Å². The zero-order valence-electron chi connectivity index (χ0n) is 41.4. The van der Waals surface area contributed by atoms with Crippen molar-refractivity contribution in [2.75, 3.05) is 7.05 Å². The van der Waals surface area contributed by atoms with Crippen LogP contribution in [0.15, 0.2) is 12.7 Å². The first-order valence-corrected chi connectivity index (χ1v) is 21.4. The van der Waals surface area contributed by atoms with Crippen molar-refractivity contribution in [3.8, 4) is 0 Å². The molecule has 306 valence electrons. The van der Waals surface area contributed by atoms with Crippen molar-refractivity contribution in [3.05, 3.63) is 12.7 Å². The van der Waals surface area contributed by atoms with E-state index in [1.165, 1.54) is 64.8 Å². The van der Waals surface area contributed by atoms with Crippen LogP contribution in [0.1, 0.15) is 272 Å². The Labute approximate surface area is 309 Å². The van der Waals surface area contributed by atoms with Gasteiger partial charge in [-0.25, -0.2) is 0 Å². The minimum atomic E-state index is 0.931. The molecule has 46 heavy (non-hydrogen) atoms. The SMILES string of the molecule is C=CC.CC.CC.CC.CC.CC.CC.CC.CC.CCC.CCC.CCC.CCC.CCC(CC)[C@H](C)CC.CCCC.CN. The highest BCUT2D eigenvalue weighted by molar-refractivity contribution is 4.60. The number of hydrogen-bond acceptors (Lipinski definition) is 1. The van der Waals surface area contributed by atoms with Crippen molar-refractivity contribution < 1.29 is 0 Å². The molecule has 0 radical (unpaired) electrons. The Morgan fingerprint density at radius 1 is 0.391 bits per heavy atom. The third kappa shape index (κ3) is 696. The number of allylic oxidation sites excluding steroid dienone is 1. The Hall–Kier alpha value is -0.300. The minimum absolute atomic E-state index is 0.931. The maximum absolute atomic E-state index is 4.50. The van der Waals surface area contributed by atoms with Gasteiger partial charge < -0.3 is 5.73 Å². The van der Waals surface area contributed by atoms with Gasteiger partial charge in [0.25, 0.3) is 0 Å². The lowest BCUT2D eigenvalue weighted by atomic mass is 9.88. The molecular formula is C45H121N. The van der Waals surface area contributed by atoms with Gasteiger partial charge in [0.15, 0.2) is 0 Å². The quantitative estimate of drug-likeness (QED) is 0.288. The largest absolute Gasteiger partial charge is 0.333 e. The molecule has 0 aliphatic carbocycles. The standard InChI is InChI=1S/C9H20.C4H10.4C3H8.C3H6.8C2H6.CH5N/c1-5-8(4)9(6-2)7-3;1-3-4-2;5*1-3-2;9*1-2/h8-9H,5-7H2,1-4H3;3-4H2,1-2H3;4*3H2,1-2H3;3H,1H2,2H3;8*1-2H3;2H2,1H3/t8-;;;;;;;;;;;;;;;/m1.............../s1. The zero-order valence-corrected chi connectivity index (χ0v) is 41.4. The normalized spacial score (nSPS) is 6.48. The lowest BCUT2D eigenvalue weighted by Crippen LogP contribution is -2.07. The molecule has 0 saturated carbocycles. The molecule has 0 unspecified atom stereocenters. The van der Waals surface area contributed by atoms with Gasteiger partial charge in [-0.2, -0.15) is 0 Å². The maximum Gasteiger partial charge on any atom is -0.0195 e. The molecule has 1 heteroatoms. The van der Waals surface area contributed by atoms with Gasteiger partial charge in [0, 0.05) is 0 Å². The molecule has 0 aliphatic rings. The van der Waals surface area contributed by atoms with Crippen LogP contribution in [-0.2, 0) is 0 Å². The molecule has 2 N–H and O–H groups in total. The summed E-state index contributed by atoms with van der Waals surface area (Å²) in [6.45, 7) is 67.8. The molecule has 0 amide bonds. The Morgan fingerprint density at radius 2 is 0.500 bits per heavy atom. The topological polar surface area (TPSA) is 26.0 Å². The van der Waals surface area contributed by atoms with Crippen LogP contribution in [0.2, 0.25) is 0 Å². The highest BCUT2D eigenvalue weighted by Crippen LogP contribution is 2.21. The summed E-state index contributed by atoms with van der Waals surface area (Å²) in [5, 5.41) is 0. The van der Waals surface area contributed by atoms with Gasteiger partial charge in [-0.1, -0.05) is 272 Å². The Balaban J connectivity index is -0.0000000155. The zero-order chi connectivity index (χ0) is 42.2. The van der Waals surface area contributed by atoms with Crippen LogP contribution in [0.3, 0.4) is 0 Å². The lowest BCUT2D eigenvalue weighted by Gasteiger charge is -2.18. The van der Waals surface area contributed by atoms with E-state index in [4.69, 9.17) is 0 Å². The summed E-state index contributed by atoms with van der Waals surface area (Å²) in [6.07, 6.45) is 13.4. The van der Waals surface area contributed by atoms with E-state index < -0.39 is 0 Å². The van der Waals surface area contributed by atoms with E-state index in [0.717, 1.165) is 11.8 Å². The van der Waals surface area contributed by atoms with E-state index in [2.05, 4.69) is 109 Å². The first-order chi connectivity index (χ1) is 22.2. The summed E-state index contributed by atoms with van der Waals surface area (Å²) < 4.78 is 0. The molecule has 0 saturated heterocycles. The highest BCUT2D eigenvalue weighted by atomic mass is 14.4. The third-order valence-electron chi connectivity index (χ3n) is 3.00. The summed E-state index contributed by atoms with van der Waals surface area (Å²) in [5.41, 5.74) is 4.50. The summed E-state index contributed by atoms with van der Waals surface area (Å²) >= 11 is 0. The Morgan fingerprint density at radius 3 is 0.522 bits per heavy atom. The molecule has 0 fully saturated rings. The molecule has 0 bridgehead atoms.